The van der Waals surface area contributed by atoms with Crippen LogP contribution < -0.4 is 15.4 Å². The quantitative estimate of drug-likeness (QED) is 0.696. The molecule has 0 radical (unpaired) electrons. The molecule has 1 rings (SSSR count). The molecule has 0 saturated heterocycles. The van der Waals surface area contributed by atoms with Gasteiger partial charge in [0, 0.05) is 19.2 Å². The Labute approximate surface area is 107 Å². The molecule has 106 valence electrons. The number of halogens is 3. The fourth-order valence-corrected chi connectivity index (χ4v) is 1.24. The minimum absolute atomic E-state index is 0.0804. The van der Waals surface area contributed by atoms with Crippen LogP contribution >= 0.6 is 0 Å². The summed E-state index contributed by atoms with van der Waals surface area (Å²) in [7, 11) is 0. The normalized spacial score (nSPS) is 10.4. The number of alkyl halides is 2. The highest BCUT2D eigenvalue weighted by Crippen LogP contribution is 2.26. The van der Waals surface area contributed by atoms with Crippen LogP contribution in [0.4, 0.5) is 23.7 Å². The molecule has 0 aromatic heterocycles. The van der Waals surface area contributed by atoms with Crippen LogP contribution in [0, 0.1) is 5.82 Å². The topological polar surface area (TPSA) is 70.6 Å². The molecular weight excluding hydrogens is 265 g/mol. The molecule has 0 saturated carbocycles. The van der Waals surface area contributed by atoms with Gasteiger partial charge in [0.05, 0.1) is 5.69 Å². The molecule has 0 unspecified atom stereocenters. The number of aliphatic hydroxyl groups is 1. The Morgan fingerprint density at radius 2 is 2.16 bits per heavy atom. The van der Waals surface area contributed by atoms with E-state index in [1.54, 1.807) is 0 Å². The largest absolute Gasteiger partial charge is 0.432 e. The maximum atomic E-state index is 12.9. The Kier molecular flexibility index (Phi) is 5.94. The van der Waals surface area contributed by atoms with Crippen LogP contribution in [0.5, 0.6) is 5.75 Å². The monoisotopic (exact) mass is 278 g/mol. The summed E-state index contributed by atoms with van der Waals surface area (Å²) >= 11 is 0. The second kappa shape index (κ2) is 7.47. The van der Waals surface area contributed by atoms with Gasteiger partial charge in [0.25, 0.3) is 0 Å². The van der Waals surface area contributed by atoms with Crippen LogP contribution in [0.3, 0.4) is 0 Å². The first-order chi connectivity index (χ1) is 9.02. The van der Waals surface area contributed by atoms with Crippen LogP contribution in [-0.4, -0.2) is 30.9 Å². The average Bonchev–Trinajstić information content (AvgIpc) is 2.32. The number of urea groups is 1. The van der Waals surface area contributed by atoms with E-state index in [9.17, 15) is 18.0 Å². The summed E-state index contributed by atoms with van der Waals surface area (Å²) in [4.78, 5) is 11.4. The van der Waals surface area contributed by atoms with Crippen LogP contribution in [-0.2, 0) is 0 Å². The van der Waals surface area contributed by atoms with Crippen molar-refractivity contribution < 1.29 is 27.8 Å². The fraction of sp³-hybridized carbons (Fsp3) is 0.364. The summed E-state index contributed by atoms with van der Waals surface area (Å²) in [6.45, 7) is -3.00. The zero-order chi connectivity index (χ0) is 14.3. The van der Waals surface area contributed by atoms with Gasteiger partial charge in [-0.15, -0.1) is 0 Å². The van der Waals surface area contributed by atoms with Gasteiger partial charge in [0.15, 0.2) is 5.75 Å². The Morgan fingerprint density at radius 3 is 2.79 bits per heavy atom. The number of hydrogen-bond donors (Lipinski definition) is 3. The molecule has 0 fully saturated rings. The molecule has 0 atom stereocenters. The van der Waals surface area contributed by atoms with Crippen molar-refractivity contribution in [2.24, 2.45) is 0 Å². The van der Waals surface area contributed by atoms with E-state index in [2.05, 4.69) is 15.4 Å². The summed E-state index contributed by atoms with van der Waals surface area (Å²) in [5, 5.41) is 13.2. The number of benzene rings is 1. The minimum Gasteiger partial charge on any atom is -0.432 e. The Morgan fingerprint density at radius 1 is 1.42 bits per heavy atom. The maximum Gasteiger partial charge on any atom is 0.387 e. The van der Waals surface area contributed by atoms with E-state index in [1.165, 1.54) is 0 Å². The van der Waals surface area contributed by atoms with Gasteiger partial charge in [0.2, 0.25) is 0 Å². The molecule has 1 aromatic carbocycles. The minimum atomic E-state index is -3.13. The van der Waals surface area contributed by atoms with Gasteiger partial charge >= 0.3 is 12.6 Å². The number of rotatable bonds is 6. The van der Waals surface area contributed by atoms with Crippen LogP contribution in [0.1, 0.15) is 6.42 Å². The van der Waals surface area contributed by atoms with E-state index in [0.717, 1.165) is 18.2 Å². The lowest BCUT2D eigenvalue weighted by molar-refractivity contribution is -0.0495. The van der Waals surface area contributed by atoms with E-state index in [-0.39, 0.29) is 18.8 Å². The summed E-state index contributed by atoms with van der Waals surface area (Å²) in [6, 6.07) is 2.19. The molecule has 5 nitrogen and oxygen atoms in total. The lowest BCUT2D eigenvalue weighted by Gasteiger charge is -2.12. The maximum absolute atomic E-state index is 12.9. The molecular formula is C11H13F3N2O3. The highest BCUT2D eigenvalue weighted by molar-refractivity contribution is 5.90. The number of ether oxygens (including phenoxy) is 1. The van der Waals surface area contributed by atoms with Gasteiger partial charge in [0.1, 0.15) is 5.82 Å². The predicted molar refractivity (Wildman–Crippen MR) is 61.8 cm³/mol. The number of hydrogen-bond acceptors (Lipinski definition) is 3. The average molecular weight is 278 g/mol. The first kappa shape index (κ1) is 15.1. The summed E-state index contributed by atoms with van der Waals surface area (Å²) in [5.74, 6) is -1.23. The summed E-state index contributed by atoms with van der Waals surface area (Å²) in [6.07, 6.45) is 0.358. The van der Waals surface area contributed by atoms with E-state index < -0.39 is 24.2 Å². The molecule has 19 heavy (non-hydrogen) atoms. The van der Waals surface area contributed by atoms with Crippen molar-refractivity contribution in [1.82, 2.24) is 5.32 Å². The third kappa shape index (κ3) is 5.47. The molecule has 3 N–H and O–H groups in total. The predicted octanol–water partition coefficient (Wildman–Crippen LogP) is 1.93. The van der Waals surface area contributed by atoms with Gasteiger partial charge in [-0.1, -0.05) is 0 Å². The smallest absolute Gasteiger partial charge is 0.387 e. The number of nitrogens with one attached hydrogen (secondary N) is 2. The number of carbonyl (C=O) groups is 1. The number of aliphatic hydroxyl groups excluding tert-OH is 1. The van der Waals surface area contributed by atoms with E-state index in [4.69, 9.17) is 5.11 Å². The zero-order valence-corrected chi connectivity index (χ0v) is 9.83. The second-order valence-electron chi connectivity index (χ2n) is 3.48. The van der Waals surface area contributed by atoms with Gasteiger partial charge in [-0.25, -0.2) is 9.18 Å². The molecule has 2 amide bonds. The third-order valence-corrected chi connectivity index (χ3v) is 2.03. The highest BCUT2D eigenvalue weighted by atomic mass is 19.3. The molecule has 0 aliphatic rings. The number of carbonyl (C=O) groups excluding carboxylic acids is 1. The van der Waals surface area contributed by atoms with Crippen LogP contribution in [0.25, 0.3) is 0 Å². The van der Waals surface area contributed by atoms with Gasteiger partial charge in [-0.2, -0.15) is 8.78 Å². The molecule has 1 aromatic rings. The van der Waals surface area contributed by atoms with Gasteiger partial charge in [-0.3, -0.25) is 0 Å². The molecule has 0 aliphatic carbocycles. The molecule has 0 spiro atoms. The van der Waals surface area contributed by atoms with Crippen molar-refractivity contribution in [2.45, 2.75) is 13.0 Å². The van der Waals surface area contributed by atoms with Crippen molar-refractivity contribution >= 4 is 11.7 Å². The Bertz CT molecular complexity index is 430. The number of amides is 2. The third-order valence-electron chi connectivity index (χ3n) is 2.03. The summed E-state index contributed by atoms with van der Waals surface area (Å²) < 4.78 is 41.2. The zero-order valence-electron chi connectivity index (χ0n) is 9.83. The van der Waals surface area contributed by atoms with E-state index >= 15 is 0 Å². The van der Waals surface area contributed by atoms with Crippen molar-refractivity contribution in [3.63, 3.8) is 0 Å². The summed E-state index contributed by atoms with van der Waals surface area (Å²) in [5.41, 5.74) is -0.0804. The standard InChI is InChI=1S/C11H13F3N2O3/c12-7-2-3-8(9(6-7)19-10(13)14)16-11(18)15-4-1-5-17/h2-3,6,10,17H,1,4-5H2,(H2,15,16,18). The molecule has 0 aliphatic heterocycles. The van der Waals surface area contributed by atoms with Crippen molar-refractivity contribution in [3.8, 4) is 5.75 Å². The first-order valence-electron chi connectivity index (χ1n) is 5.43. The fourth-order valence-electron chi connectivity index (χ4n) is 1.24. The lowest BCUT2D eigenvalue weighted by Crippen LogP contribution is -2.30. The molecule has 0 bridgehead atoms. The van der Waals surface area contributed by atoms with Crippen molar-refractivity contribution in [3.05, 3.63) is 24.0 Å². The SMILES string of the molecule is O=C(NCCCO)Nc1ccc(F)cc1OC(F)F. The van der Waals surface area contributed by atoms with Crippen molar-refractivity contribution in [2.75, 3.05) is 18.5 Å². The van der Waals surface area contributed by atoms with Gasteiger partial charge in [-0.05, 0) is 18.6 Å². The van der Waals surface area contributed by atoms with Crippen LogP contribution in [0.2, 0.25) is 0 Å². The Hall–Kier alpha value is -1.96. The van der Waals surface area contributed by atoms with Gasteiger partial charge < -0.3 is 20.5 Å². The highest BCUT2D eigenvalue weighted by Gasteiger charge is 2.12. The Balaban J connectivity index is 2.68. The first-order valence-corrected chi connectivity index (χ1v) is 5.43. The van der Waals surface area contributed by atoms with Crippen LogP contribution in [0.15, 0.2) is 18.2 Å². The van der Waals surface area contributed by atoms with E-state index in [1.807, 2.05) is 0 Å². The number of anilines is 1. The van der Waals surface area contributed by atoms with E-state index in [0.29, 0.717) is 6.42 Å². The molecule has 8 heteroatoms. The second-order valence-corrected chi connectivity index (χ2v) is 3.48. The molecule has 0 heterocycles. The lowest BCUT2D eigenvalue weighted by atomic mass is 10.3. The van der Waals surface area contributed by atoms with Crippen molar-refractivity contribution in [1.29, 1.82) is 0 Å².